The fourth-order valence-corrected chi connectivity index (χ4v) is 4.34. The van der Waals surface area contributed by atoms with Crippen molar-refractivity contribution in [2.24, 2.45) is 22.5 Å². The highest BCUT2D eigenvalue weighted by Gasteiger charge is 2.60. The zero-order chi connectivity index (χ0) is 10.4. The van der Waals surface area contributed by atoms with Gasteiger partial charge in [-0.2, -0.15) is 0 Å². The van der Waals surface area contributed by atoms with E-state index in [0.717, 1.165) is 5.92 Å². The molecule has 0 spiro atoms. The van der Waals surface area contributed by atoms with E-state index in [9.17, 15) is 0 Å². The summed E-state index contributed by atoms with van der Waals surface area (Å²) in [5.41, 5.74) is 7.45. The zero-order valence-corrected chi connectivity index (χ0v) is 9.97. The first-order valence-corrected chi connectivity index (χ1v) is 6.30. The molecule has 2 saturated carbocycles. The molecular weight excluding hydrogens is 170 g/mol. The first kappa shape index (κ1) is 10.5. The largest absolute Gasteiger partial charge is 0.327 e. The molecule has 1 atom stereocenters. The van der Waals surface area contributed by atoms with E-state index in [1.54, 1.807) is 0 Å². The van der Waals surface area contributed by atoms with Crippen LogP contribution in [0.3, 0.4) is 0 Å². The van der Waals surface area contributed by atoms with Crippen LogP contribution in [0.4, 0.5) is 0 Å². The molecule has 2 aliphatic rings. The minimum absolute atomic E-state index is 0.454. The summed E-state index contributed by atoms with van der Waals surface area (Å²) in [5.74, 6) is 0.963. The molecule has 0 saturated heterocycles. The van der Waals surface area contributed by atoms with Crippen LogP contribution in [0.15, 0.2) is 0 Å². The molecule has 14 heavy (non-hydrogen) atoms. The van der Waals surface area contributed by atoms with Crippen molar-refractivity contribution in [3.8, 4) is 0 Å². The van der Waals surface area contributed by atoms with Crippen molar-refractivity contribution in [1.29, 1.82) is 0 Å². The maximum absolute atomic E-state index is 6.44. The van der Waals surface area contributed by atoms with Gasteiger partial charge in [0.15, 0.2) is 0 Å². The molecule has 1 unspecified atom stereocenters. The predicted octanol–water partition coefficient (Wildman–Crippen LogP) is 3.33. The molecule has 1 nitrogen and oxygen atoms in total. The van der Waals surface area contributed by atoms with Gasteiger partial charge in [0.2, 0.25) is 0 Å². The van der Waals surface area contributed by atoms with Crippen LogP contribution in [0.5, 0.6) is 0 Å². The summed E-state index contributed by atoms with van der Waals surface area (Å²) in [7, 11) is 0. The monoisotopic (exact) mass is 195 g/mol. The number of rotatable bonds is 3. The molecule has 0 aliphatic heterocycles. The second-order valence-electron chi connectivity index (χ2n) is 6.05. The van der Waals surface area contributed by atoms with Crippen molar-refractivity contribution in [1.82, 2.24) is 0 Å². The summed E-state index contributed by atoms with van der Waals surface area (Å²) >= 11 is 0. The third kappa shape index (κ3) is 1.11. The van der Waals surface area contributed by atoms with E-state index >= 15 is 0 Å². The molecule has 0 aromatic heterocycles. The Morgan fingerprint density at radius 3 is 2.21 bits per heavy atom. The Morgan fingerprint density at radius 1 is 1.29 bits per heavy atom. The van der Waals surface area contributed by atoms with Gasteiger partial charge in [0.1, 0.15) is 0 Å². The molecule has 2 N–H and O–H groups in total. The minimum atomic E-state index is 0.454. The van der Waals surface area contributed by atoms with E-state index in [2.05, 4.69) is 20.8 Å². The lowest BCUT2D eigenvalue weighted by Gasteiger charge is -2.43. The highest BCUT2D eigenvalue weighted by molar-refractivity contribution is 5.11. The van der Waals surface area contributed by atoms with Gasteiger partial charge in [-0.1, -0.05) is 27.2 Å². The van der Waals surface area contributed by atoms with Gasteiger partial charge in [-0.15, -0.1) is 0 Å². The van der Waals surface area contributed by atoms with Gasteiger partial charge < -0.3 is 5.73 Å². The molecule has 1 heteroatoms. The highest BCUT2D eigenvalue weighted by Crippen LogP contribution is 2.67. The van der Waals surface area contributed by atoms with Crippen LogP contribution in [0, 0.1) is 16.7 Å². The van der Waals surface area contributed by atoms with E-state index in [1.165, 1.54) is 38.5 Å². The standard InChI is InChI=1S/C13H25N/c1-4-5-11(14)13-8-6-10(7-9-13)12(13,2)3/h10-11H,4-9,14H2,1-3H3. The quantitative estimate of drug-likeness (QED) is 0.734. The second-order valence-corrected chi connectivity index (χ2v) is 6.05. The van der Waals surface area contributed by atoms with Gasteiger partial charge in [-0.25, -0.2) is 0 Å². The van der Waals surface area contributed by atoms with Crippen molar-refractivity contribution >= 4 is 0 Å². The van der Waals surface area contributed by atoms with Gasteiger partial charge in [-0.05, 0) is 48.9 Å². The maximum atomic E-state index is 6.44. The van der Waals surface area contributed by atoms with Crippen molar-refractivity contribution < 1.29 is 0 Å². The Labute approximate surface area is 88.4 Å². The van der Waals surface area contributed by atoms with Crippen molar-refractivity contribution in [2.75, 3.05) is 0 Å². The third-order valence-electron chi connectivity index (χ3n) is 5.49. The molecule has 2 aliphatic carbocycles. The van der Waals surface area contributed by atoms with Gasteiger partial charge in [-0.3, -0.25) is 0 Å². The second kappa shape index (κ2) is 3.23. The topological polar surface area (TPSA) is 26.0 Å². The molecule has 0 amide bonds. The molecule has 2 fully saturated rings. The van der Waals surface area contributed by atoms with E-state index in [4.69, 9.17) is 5.73 Å². The van der Waals surface area contributed by atoms with Crippen molar-refractivity contribution in [3.63, 3.8) is 0 Å². The van der Waals surface area contributed by atoms with Crippen LogP contribution in [0.1, 0.15) is 59.3 Å². The molecule has 2 bridgehead atoms. The molecule has 0 heterocycles. The van der Waals surface area contributed by atoms with E-state index in [0.29, 0.717) is 16.9 Å². The number of fused-ring (bicyclic) bond motifs is 2. The van der Waals surface area contributed by atoms with Crippen molar-refractivity contribution in [2.45, 2.75) is 65.3 Å². The SMILES string of the molecule is CCCC(N)C12CCC(CC1)C2(C)C. The maximum Gasteiger partial charge on any atom is 0.0101 e. The minimum Gasteiger partial charge on any atom is -0.327 e. The molecular formula is C13H25N. The van der Waals surface area contributed by atoms with Gasteiger partial charge >= 0.3 is 0 Å². The smallest absolute Gasteiger partial charge is 0.0101 e. The lowest BCUT2D eigenvalue weighted by molar-refractivity contribution is 0.0883. The summed E-state index contributed by atoms with van der Waals surface area (Å²) in [6, 6.07) is 0.454. The van der Waals surface area contributed by atoms with Crippen LogP contribution < -0.4 is 5.73 Å². The third-order valence-corrected chi connectivity index (χ3v) is 5.49. The fourth-order valence-electron chi connectivity index (χ4n) is 4.34. The lowest BCUT2D eigenvalue weighted by Crippen LogP contribution is -2.46. The first-order chi connectivity index (χ1) is 6.54. The van der Waals surface area contributed by atoms with Crippen molar-refractivity contribution in [3.05, 3.63) is 0 Å². The van der Waals surface area contributed by atoms with Gasteiger partial charge in [0, 0.05) is 6.04 Å². The fraction of sp³-hybridized carbons (Fsp3) is 1.00. The van der Waals surface area contributed by atoms with Crippen LogP contribution in [0.25, 0.3) is 0 Å². The average Bonchev–Trinajstić information content (AvgIpc) is 2.55. The van der Waals surface area contributed by atoms with E-state index < -0.39 is 0 Å². The summed E-state index contributed by atoms with van der Waals surface area (Å²) in [4.78, 5) is 0. The Balaban J connectivity index is 2.22. The summed E-state index contributed by atoms with van der Waals surface area (Å²) in [5, 5.41) is 0. The summed E-state index contributed by atoms with van der Waals surface area (Å²) in [6.07, 6.45) is 8.12. The first-order valence-electron chi connectivity index (χ1n) is 6.30. The molecule has 0 aromatic rings. The van der Waals surface area contributed by atoms with Crippen LogP contribution in [-0.4, -0.2) is 6.04 Å². The molecule has 0 radical (unpaired) electrons. The number of nitrogens with two attached hydrogens (primary N) is 1. The zero-order valence-electron chi connectivity index (χ0n) is 9.97. The van der Waals surface area contributed by atoms with Crippen LogP contribution in [-0.2, 0) is 0 Å². The lowest BCUT2D eigenvalue weighted by atomic mass is 9.64. The molecule has 0 aromatic carbocycles. The average molecular weight is 195 g/mol. The predicted molar refractivity (Wildman–Crippen MR) is 61.1 cm³/mol. The van der Waals surface area contributed by atoms with Gasteiger partial charge in [0.05, 0.1) is 0 Å². The molecule has 82 valence electrons. The normalized spacial score (nSPS) is 41.6. The Bertz CT molecular complexity index is 211. The Hall–Kier alpha value is -0.0400. The van der Waals surface area contributed by atoms with Crippen LogP contribution in [0.2, 0.25) is 0 Å². The van der Waals surface area contributed by atoms with Gasteiger partial charge in [0.25, 0.3) is 0 Å². The van der Waals surface area contributed by atoms with Crippen LogP contribution >= 0.6 is 0 Å². The summed E-state index contributed by atoms with van der Waals surface area (Å²) in [6.45, 7) is 7.19. The number of hydrogen-bond donors (Lipinski definition) is 1. The summed E-state index contributed by atoms with van der Waals surface area (Å²) < 4.78 is 0. The number of hydrogen-bond acceptors (Lipinski definition) is 1. The highest BCUT2D eigenvalue weighted by atomic mass is 14.8. The van der Waals surface area contributed by atoms with E-state index in [-0.39, 0.29) is 0 Å². The molecule has 2 rings (SSSR count). The Morgan fingerprint density at radius 2 is 1.86 bits per heavy atom. The Kier molecular flexibility index (Phi) is 2.42. The van der Waals surface area contributed by atoms with E-state index in [1.807, 2.05) is 0 Å².